The second kappa shape index (κ2) is 7.73. The van der Waals surface area contributed by atoms with Gasteiger partial charge in [-0.25, -0.2) is 18.1 Å². The fourth-order valence-corrected chi connectivity index (χ4v) is 4.99. The van der Waals surface area contributed by atoms with Crippen LogP contribution in [0.2, 0.25) is 0 Å². The Kier molecular flexibility index (Phi) is 5.05. The fraction of sp³-hybridized carbons (Fsp3) is 0.217. The highest BCUT2D eigenvalue weighted by Gasteiger charge is 2.32. The first-order valence-electron chi connectivity index (χ1n) is 10.5. The molecule has 0 aliphatic heterocycles. The molecule has 0 amide bonds. The lowest BCUT2D eigenvalue weighted by atomic mass is 10.0. The predicted octanol–water partition coefficient (Wildman–Crippen LogP) is 4.91. The maximum Gasteiger partial charge on any atom is 0.416 e. The van der Waals surface area contributed by atoms with Crippen LogP contribution in [0.5, 0.6) is 0 Å². The average Bonchev–Trinajstić information content (AvgIpc) is 3.59. The number of nitrogen functional groups attached to an aromatic ring is 1. The number of alkyl halides is 3. The summed E-state index contributed by atoms with van der Waals surface area (Å²) in [7, 11) is -2.44. The number of aryl methyl sites for hydroxylation is 1. The van der Waals surface area contributed by atoms with Crippen molar-refractivity contribution in [1.82, 2.24) is 14.8 Å². The summed E-state index contributed by atoms with van der Waals surface area (Å²) in [5, 5.41) is 4.99. The highest BCUT2D eigenvalue weighted by molar-refractivity contribution is 7.92. The quantitative estimate of drug-likeness (QED) is 0.416. The highest BCUT2D eigenvalue weighted by Crippen LogP contribution is 2.42. The molecule has 2 heterocycles. The van der Waals surface area contributed by atoms with Crippen molar-refractivity contribution in [3.05, 3.63) is 65.9 Å². The van der Waals surface area contributed by atoms with E-state index in [9.17, 15) is 21.6 Å². The lowest BCUT2D eigenvalue weighted by Gasteiger charge is -2.12. The van der Waals surface area contributed by atoms with Gasteiger partial charge in [0.25, 0.3) is 10.0 Å². The molecular formula is C23H20F3N5O2S. The zero-order valence-corrected chi connectivity index (χ0v) is 18.8. The van der Waals surface area contributed by atoms with E-state index in [-0.39, 0.29) is 5.69 Å². The molecule has 1 fully saturated rings. The first-order valence-corrected chi connectivity index (χ1v) is 11.9. The Bertz CT molecular complexity index is 1510. The number of nitrogens with zero attached hydrogens (tertiary/aromatic N) is 3. The number of nitrogens with one attached hydrogen (secondary N) is 1. The lowest BCUT2D eigenvalue weighted by molar-refractivity contribution is -0.137. The van der Waals surface area contributed by atoms with E-state index in [2.05, 4.69) is 9.82 Å². The number of hydrogen-bond donors (Lipinski definition) is 2. The SMILES string of the molecule is Cn1nc(N)c2c(-c3ccc(NS(=O)(=O)c4cccc(C(F)(F)F)c4)cc3)cc(C3CC3)nc21. The minimum Gasteiger partial charge on any atom is -0.382 e. The second-order valence-corrected chi connectivity index (χ2v) is 9.97. The van der Waals surface area contributed by atoms with Crippen molar-refractivity contribution in [3.63, 3.8) is 0 Å². The van der Waals surface area contributed by atoms with E-state index in [0.717, 1.165) is 47.9 Å². The van der Waals surface area contributed by atoms with Crippen molar-refractivity contribution < 1.29 is 21.6 Å². The largest absolute Gasteiger partial charge is 0.416 e. The smallest absolute Gasteiger partial charge is 0.382 e. The summed E-state index contributed by atoms with van der Waals surface area (Å²) in [5.74, 6) is 0.745. The van der Waals surface area contributed by atoms with Crippen LogP contribution in [0.4, 0.5) is 24.7 Å². The molecule has 0 bridgehead atoms. The molecule has 0 saturated heterocycles. The highest BCUT2D eigenvalue weighted by atomic mass is 32.2. The van der Waals surface area contributed by atoms with Crippen LogP contribution in [-0.4, -0.2) is 23.2 Å². The number of benzene rings is 2. The van der Waals surface area contributed by atoms with Gasteiger partial charge in [0.15, 0.2) is 11.5 Å². The van der Waals surface area contributed by atoms with Crippen molar-refractivity contribution in [3.8, 4) is 11.1 Å². The van der Waals surface area contributed by atoms with E-state index in [0.29, 0.717) is 28.8 Å². The zero-order valence-electron chi connectivity index (χ0n) is 18.0. The van der Waals surface area contributed by atoms with Crippen molar-refractivity contribution >= 4 is 32.6 Å². The van der Waals surface area contributed by atoms with Crippen molar-refractivity contribution in [2.24, 2.45) is 7.05 Å². The molecule has 176 valence electrons. The second-order valence-electron chi connectivity index (χ2n) is 8.28. The normalized spacial score (nSPS) is 14.5. The van der Waals surface area contributed by atoms with E-state index in [4.69, 9.17) is 10.7 Å². The molecule has 34 heavy (non-hydrogen) atoms. The third-order valence-electron chi connectivity index (χ3n) is 5.76. The molecule has 5 rings (SSSR count). The van der Waals surface area contributed by atoms with Crippen molar-refractivity contribution in [1.29, 1.82) is 0 Å². The Balaban J connectivity index is 1.48. The van der Waals surface area contributed by atoms with Gasteiger partial charge in [-0.3, -0.25) is 4.72 Å². The molecule has 2 aromatic carbocycles. The molecule has 4 aromatic rings. The van der Waals surface area contributed by atoms with Crippen LogP contribution >= 0.6 is 0 Å². The lowest BCUT2D eigenvalue weighted by Crippen LogP contribution is -2.14. The Hall–Kier alpha value is -3.60. The van der Waals surface area contributed by atoms with E-state index >= 15 is 0 Å². The maximum absolute atomic E-state index is 13.0. The van der Waals surface area contributed by atoms with E-state index in [1.807, 2.05) is 6.07 Å². The Morgan fingerprint density at radius 3 is 2.44 bits per heavy atom. The van der Waals surface area contributed by atoms with Crippen LogP contribution in [0.25, 0.3) is 22.2 Å². The summed E-state index contributed by atoms with van der Waals surface area (Å²) >= 11 is 0. The van der Waals surface area contributed by atoms with Gasteiger partial charge in [0.1, 0.15) is 0 Å². The third-order valence-corrected chi connectivity index (χ3v) is 7.13. The Morgan fingerprint density at radius 1 is 1.09 bits per heavy atom. The molecule has 0 spiro atoms. The molecule has 11 heteroatoms. The monoisotopic (exact) mass is 487 g/mol. The molecule has 1 saturated carbocycles. The minimum atomic E-state index is -4.64. The summed E-state index contributed by atoms with van der Waals surface area (Å²) in [6.07, 6.45) is -2.50. The number of anilines is 2. The van der Waals surface area contributed by atoms with Crippen LogP contribution in [0, 0.1) is 0 Å². The Morgan fingerprint density at radius 2 is 1.79 bits per heavy atom. The van der Waals surface area contributed by atoms with Crippen LogP contribution in [0.15, 0.2) is 59.5 Å². The standard InChI is InChI=1S/C23H20F3N5O2S/c1-31-22-20(21(27)29-31)18(12-19(28-22)14-5-6-14)13-7-9-16(10-8-13)30-34(32,33)17-4-2-3-15(11-17)23(24,25)26/h2-4,7-12,14,30H,5-6H2,1H3,(H2,27,29). The van der Waals surface area contributed by atoms with E-state index < -0.39 is 26.7 Å². The first-order chi connectivity index (χ1) is 16.0. The maximum atomic E-state index is 13.0. The van der Waals surface area contributed by atoms with Crippen molar-refractivity contribution in [2.75, 3.05) is 10.5 Å². The summed E-state index contributed by atoms with van der Waals surface area (Å²) in [6, 6.07) is 12.1. The molecule has 1 aliphatic rings. The van der Waals surface area contributed by atoms with Crippen LogP contribution < -0.4 is 10.5 Å². The summed E-state index contributed by atoms with van der Waals surface area (Å²) in [5.41, 5.74) is 8.57. The van der Waals surface area contributed by atoms with Crippen LogP contribution in [0.1, 0.15) is 30.0 Å². The molecule has 1 aliphatic carbocycles. The topological polar surface area (TPSA) is 103 Å². The molecule has 0 unspecified atom stereocenters. The van der Waals surface area contributed by atoms with Gasteiger partial charge in [-0.2, -0.15) is 18.3 Å². The van der Waals surface area contributed by atoms with E-state index in [1.165, 1.54) is 0 Å². The van der Waals surface area contributed by atoms with Crippen LogP contribution in [0.3, 0.4) is 0 Å². The van der Waals surface area contributed by atoms with Gasteiger partial charge in [0.05, 0.1) is 15.8 Å². The molecule has 7 nitrogen and oxygen atoms in total. The molecule has 2 aromatic heterocycles. The van der Waals surface area contributed by atoms with Crippen LogP contribution in [-0.2, 0) is 23.2 Å². The van der Waals surface area contributed by atoms with Gasteiger partial charge in [-0.05, 0) is 60.4 Å². The van der Waals surface area contributed by atoms with Gasteiger partial charge in [0, 0.05) is 24.3 Å². The Labute approximate surface area is 193 Å². The number of aromatic nitrogens is 3. The number of pyridine rings is 1. The van der Waals surface area contributed by atoms with E-state index in [1.54, 1.807) is 36.0 Å². The predicted molar refractivity (Wildman–Crippen MR) is 123 cm³/mol. The number of rotatable bonds is 5. The van der Waals surface area contributed by atoms with Gasteiger partial charge >= 0.3 is 6.18 Å². The molecule has 0 radical (unpaired) electrons. The first kappa shape index (κ1) is 22.2. The number of sulfonamides is 1. The summed E-state index contributed by atoms with van der Waals surface area (Å²) < 4.78 is 68.2. The molecular weight excluding hydrogens is 467 g/mol. The number of nitrogens with two attached hydrogens (primary N) is 1. The summed E-state index contributed by atoms with van der Waals surface area (Å²) in [6.45, 7) is 0. The van der Waals surface area contributed by atoms with Gasteiger partial charge in [-0.15, -0.1) is 0 Å². The fourth-order valence-electron chi connectivity index (χ4n) is 3.88. The van der Waals surface area contributed by atoms with Gasteiger partial charge in [0.2, 0.25) is 0 Å². The zero-order chi connectivity index (χ0) is 24.3. The number of fused-ring (bicyclic) bond motifs is 1. The minimum absolute atomic E-state index is 0.216. The van der Waals surface area contributed by atoms with Gasteiger partial charge in [-0.1, -0.05) is 18.2 Å². The van der Waals surface area contributed by atoms with Gasteiger partial charge < -0.3 is 5.73 Å². The molecule has 3 N–H and O–H groups in total. The average molecular weight is 488 g/mol. The number of halogens is 3. The molecule has 0 atom stereocenters. The van der Waals surface area contributed by atoms with Crippen molar-refractivity contribution in [2.45, 2.75) is 29.8 Å². The number of hydrogen-bond acceptors (Lipinski definition) is 5. The summed E-state index contributed by atoms with van der Waals surface area (Å²) in [4.78, 5) is 4.24. The third kappa shape index (κ3) is 4.07.